The molecule has 4 N–H and O–H groups in total. The smallest absolute Gasteiger partial charge is 0.281 e. The molecule has 1 aromatic heterocycles. The van der Waals surface area contributed by atoms with Crippen molar-refractivity contribution in [1.82, 2.24) is 4.98 Å². The van der Waals surface area contributed by atoms with Crippen molar-refractivity contribution < 1.29 is 17.5 Å². The highest BCUT2D eigenvalue weighted by atomic mass is 32.2. The van der Waals surface area contributed by atoms with Crippen LogP contribution in [0.3, 0.4) is 0 Å². The number of pyridine rings is 1. The second kappa shape index (κ2) is 5.94. The zero-order chi connectivity index (χ0) is 15.5. The van der Waals surface area contributed by atoms with Gasteiger partial charge in [0, 0.05) is 12.3 Å². The Bertz CT molecular complexity index is 752. The summed E-state index contributed by atoms with van der Waals surface area (Å²) in [6, 6.07) is 6.60. The topological polar surface area (TPSA) is 106 Å². The first-order valence-corrected chi connectivity index (χ1v) is 7.24. The van der Waals surface area contributed by atoms with Gasteiger partial charge >= 0.3 is 0 Å². The Hall–Kier alpha value is -2.39. The lowest BCUT2D eigenvalue weighted by molar-refractivity contribution is 0.387. The summed E-state index contributed by atoms with van der Waals surface area (Å²) in [5, 5.41) is -0.268. The third kappa shape index (κ3) is 3.20. The summed E-state index contributed by atoms with van der Waals surface area (Å²) in [6.07, 6.45) is 1.32. The normalized spacial score (nSPS) is 11.0. The molecule has 9 heteroatoms. The van der Waals surface area contributed by atoms with E-state index in [2.05, 4.69) is 15.1 Å². The minimum Gasteiger partial charge on any atom is -0.494 e. The summed E-state index contributed by atoms with van der Waals surface area (Å²) in [6.45, 7) is 0. The van der Waals surface area contributed by atoms with Crippen molar-refractivity contribution >= 4 is 21.4 Å². The first kappa shape index (κ1) is 15.0. The summed E-state index contributed by atoms with van der Waals surface area (Å²) in [5.41, 5.74) is 2.53. The van der Waals surface area contributed by atoms with Gasteiger partial charge in [-0.15, -0.1) is 0 Å². The second-order valence-corrected chi connectivity index (χ2v) is 5.55. The number of hydrazine groups is 1. The summed E-state index contributed by atoms with van der Waals surface area (Å²) in [7, 11) is -2.69. The van der Waals surface area contributed by atoms with Crippen LogP contribution in [0.25, 0.3) is 0 Å². The van der Waals surface area contributed by atoms with Gasteiger partial charge in [0.2, 0.25) is 5.03 Å². The molecule has 0 fully saturated rings. The average molecular weight is 312 g/mol. The molecular weight excluding hydrogens is 299 g/mol. The summed E-state index contributed by atoms with van der Waals surface area (Å²) in [5.74, 6) is 4.58. The van der Waals surface area contributed by atoms with Crippen LogP contribution in [-0.2, 0) is 10.0 Å². The lowest BCUT2D eigenvalue weighted by Crippen LogP contribution is -2.19. The van der Waals surface area contributed by atoms with Gasteiger partial charge in [-0.1, -0.05) is 0 Å². The van der Waals surface area contributed by atoms with Crippen LogP contribution in [0.15, 0.2) is 41.6 Å². The predicted molar refractivity (Wildman–Crippen MR) is 75.8 cm³/mol. The van der Waals surface area contributed by atoms with Crippen molar-refractivity contribution in [3.05, 3.63) is 42.3 Å². The van der Waals surface area contributed by atoms with E-state index in [1.165, 1.54) is 37.6 Å². The lowest BCUT2D eigenvalue weighted by atomic mass is 10.3. The molecule has 0 saturated heterocycles. The SMILES string of the molecule is COc1cc(NS(=O)(=O)c2ncccc2NN)ccc1F. The first-order valence-electron chi connectivity index (χ1n) is 5.76. The van der Waals surface area contributed by atoms with Crippen LogP contribution in [0, 0.1) is 5.82 Å². The van der Waals surface area contributed by atoms with Crippen LogP contribution < -0.4 is 20.7 Å². The molecule has 0 amide bonds. The van der Waals surface area contributed by atoms with E-state index in [1.807, 2.05) is 0 Å². The molecule has 2 rings (SSSR count). The van der Waals surface area contributed by atoms with Crippen molar-refractivity contribution in [2.24, 2.45) is 5.84 Å². The monoisotopic (exact) mass is 312 g/mol. The van der Waals surface area contributed by atoms with E-state index in [4.69, 9.17) is 10.6 Å². The molecule has 0 unspecified atom stereocenters. The van der Waals surface area contributed by atoms with Gasteiger partial charge in [-0.05, 0) is 24.3 Å². The largest absolute Gasteiger partial charge is 0.494 e. The fourth-order valence-corrected chi connectivity index (χ4v) is 2.79. The predicted octanol–water partition coefficient (Wildman–Crippen LogP) is 1.32. The fraction of sp³-hybridized carbons (Fsp3) is 0.0833. The van der Waals surface area contributed by atoms with Crippen LogP contribution >= 0.6 is 0 Å². The summed E-state index contributed by atoms with van der Waals surface area (Å²) in [4.78, 5) is 3.78. The van der Waals surface area contributed by atoms with Crippen LogP contribution in [0.4, 0.5) is 15.8 Å². The molecule has 2 aromatic rings. The van der Waals surface area contributed by atoms with E-state index < -0.39 is 15.8 Å². The fourth-order valence-electron chi connectivity index (χ4n) is 1.64. The van der Waals surface area contributed by atoms with Crippen LogP contribution in [0.1, 0.15) is 0 Å². The third-order valence-electron chi connectivity index (χ3n) is 2.58. The van der Waals surface area contributed by atoms with E-state index in [9.17, 15) is 12.8 Å². The minimum atomic E-state index is -3.98. The highest BCUT2D eigenvalue weighted by Crippen LogP contribution is 2.25. The lowest BCUT2D eigenvalue weighted by Gasteiger charge is -2.11. The number of benzene rings is 1. The molecule has 1 aromatic carbocycles. The number of methoxy groups -OCH3 is 1. The maximum atomic E-state index is 13.3. The number of aromatic nitrogens is 1. The van der Waals surface area contributed by atoms with Gasteiger partial charge in [0.15, 0.2) is 11.6 Å². The summed E-state index contributed by atoms with van der Waals surface area (Å²) >= 11 is 0. The Morgan fingerprint density at radius 1 is 1.33 bits per heavy atom. The van der Waals surface area contributed by atoms with E-state index in [1.54, 1.807) is 0 Å². The van der Waals surface area contributed by atoms with Gasteiger partial charge < -0.3 is 10.2 Å². The standard InChI is InChI=1S/C12H13FN4O3S/c1-20-11-7-8(4-5-9(11)13)17-21(18,19)12-10(16-14)3-2-6-15-12/h2-7,16-17H,14H2,1H3. The number of anilines is 2. The average Bonchev–Trinajstić information content (AvgIpc) is 2.49. The first-order chi connectivity index (χ1) is 9.97. The highest BCUT2D eigenvalue weighted by molar-refractivity contribution is 7.92. The maximum Gasteiger partial charge on any atom is 0.281 e. The molecule has 0 bridgehead atoms. The Morgan fingerprint density at radius 3 is 2.76 bits per heavy atom. The van der Waals surface area contributed by atoms with Gasteiger partial charge in [0.25, 0.3) is 10.0 Å². The number of hydrogen-bond donors (Lipinski definition) is 3. The Balaban J connectivity index is 2.37. The molecule has 1 heterocycles. The van der Waals surface area contributed by atoms with E-state index in [-0.39, 0.29) is 22.2 Å². The maximum absolute atomic E-state index is 13.3. The Kier molecular flexibility index (Phi) is 4.24. The van der Waals surface area contributed by atoms with Crippen molar-refractivity contribution in [1.29, 1.82) is 0 Å². The molecule has 112 valence electrons. The molecule has 7 nitrogen and oxygen atoms in total. The zero-order valence-corrected chi connectivity index (χ0v) is 11.8. The van der Waals surface area contributed by atoms with Gasteiger partial charge in [-0.3, -0.25) is 10.6 Å². The van der Waals surface area contributed by atoms with Crippen molar-refractivity contribution in [2.45, 2.75) is 5.03 Å². The molecule has 0 aliphatic rings. The molecule has 21 heavy (non-hydrogen) atoms. The number of rotatable bonds is 5. The van der Waals surface area contributed by atoms with Crippen LogP contribution in [0.2, 0.25) is 0 Å². The number of nitrogen functional groups attached to an aromatic ring is 1. The number of hydrogen-bond acceptors (Lipinski definition) is 6. The van der Waals surface area contributed by atoms with Gasteiger partial charge in [-0.2, -0.15) is 8.42 Å². The molecule has 0 aliphatic heterocycles. The molecule has 0 aliphatic carbocycles. The Morgan fingerprint density at radius 2 is 2.10 bits per heavy atom. The van der Waals surface area contributed by atoms with Gasteiger partial charge in [-0.25, -0.2) is 9.37 Å². The molecule has 0 radical (unpaired) electrons. The van der Waals surface area contributed by atoms with E-state index >= 15 is 0 Å². The third-order valence-corrected chi connectivity index (χ3v) is 3.92. The molecule has 0 saturated carbocycles. The summed E-state index contributed by atoms with van der Waals surface area (Å²) < 4.78 is 44.9. The van der Waals surface area contributed by atoms with Crippen LogP contribution in [0.5, 0.6) is 5.75 Å². The van der Waals surface area contributed by atoms with E-state index in [0.717, 1.165) is 6.07 Å². The number of ether oxygens (including phenoxy) is 1. The van der Waals surface area contributed by atoms with Crippen LogP contribution in [-0.4, -0.2) is 20.5 Å². The number of nitrogens with two attached hydrogens (primary N) is 1. The van der Waals surface area contributed by atoms with E-state index in [0.29, 0.717) is 0 Å². The number of sulfonamides is 1. The molecule has 0 spiro atoms. The zero-order valence-electron chi connectivity index (χ0n) is 11.0. The molecule has 0 atom stereocenters. The molecular formula is C12H13FN4O3S. The number of halogens is 1. The Labute approximate surface area is 121 Å². The number of nitrogens with one attached hydrogen (secondary N) is 2. The van der Waals surface area contributed by atoms with Gasteiger partial charge in [0.1, 0.15) is 0 Å². The quantitative estimate of drug-likeness (QED) is 0.568. The number of nitrogens with zero attached hydrogens (tertiary/aromatic N) is 1. The second-order valence-electron chi connectivity index (χ2n) is 3.96. The van der Waals surface area contributed by atoms with Crippen molar-refractivity contribution in [3.8, 4) is 5.75 Å². The van der Waals surface area contributed by atoms with Gasteiger partial charge in [0.05, 0.1) is 18.5 Å². The minimum absolute atomic E-state index is 0.0756. The highest BCUT2D eigenvalue weighted by Gasteiger charge is 2.20. The van der Waals surface area contributed by atoms with Crippen molar-refractivity contribution in [3.63, 3.8) is 0 Å². The van der Waals surface area contributed by atoms with Crippen molar-refractivity contribution in [2.75, 3.05) is 17.3 Å².